The molecule has 2 rings (SSSR count). The third-order valence-corrected chi connectivity index (χ3v) is 4.30. The lowest BCUT2D eigenvalue weighted by molar-refractivity contribution is 0.0220. The standard InChI is InChI=1S/C16H21BrF2N2O2/c1-16(2,3)23-15(22)21-5-4-12(20)13(21)7-9-6-10(18)8-11(17)14(9)19/h6,8,12-13H,4-5,7,20H2,1-3H3/t12-,13-/m0/s1. The van der Waals surface area contributed by atoms with Gasteiger partial charge in [-0.2, -0.15) is 0 Å². The summed E-state index contributed by atoms with van der Waals surface area (Å²) in [6, 6.07) is 1.48. The Morgan fingerprint density at radius 2 is 2.09 bits per heavy atom. The molecule has 2 N–H and O–H groups in total. The van der Waals surface area contributed by atoms with E-state index in [1.165, 1.54) is 4.90 Å². The minimum atomic E-state index is -0.624. The number of carbonyl (C=O) groups excluding carboxylic acids is 1. The molecule has 0 aliphatic carbocycles. The number of amides is 1. The van der Waals surface area contributed by atoms with Crippen LogP contribution in [-0.4, -0.2) is 35.2 Å². The normalized spacial score (nSPS) is 21.6. The van der Waals surface area contributed by atoms with Gasteiger partial charge >= 0.3 is 6.09 Å². The van der Waals surface area contributed by atoms with Crippen LogP contribution in [0.5, 0.6) is 0 Å². The fraction of sp³-hybridized carbons (Fsp3) is 0.562. The number of hydrogen-bond donors (Lipinski definition) is 1. The second kappa shape index (κ2) is 6.73. The van der Waals surface area contributed by atoms with E-state index >= 15 is 0 Å². The van der Waals surface area contributed by atoms with Gasteiger partial charge in [0.25, 0.3) is 0 Å². The van der Waals surface area contributed by atoms with E-state index in [2.05, 4.69) is 15.9 Å². The van der Waals surface area contributed by atoms with Gasteiger partial charge in [-0.15, -0.1) is 0 Å². The molecule has 1 heterocycles. The molecule has 1 aliphatic heterocycles. The molecule has 1 saturated heterocycles. The van der Waals surface area contributed by atoms with E-state index in [0.29, 0.717) is 13.0 Å². The van der Waals surface area contributed by atoms with Crippen LogP contribution in [0.2, 0.25) is 0 Å². The highest BCUT2D eigenvalue weighted by Crippen LogP contribution is 2.27. The summed E-state index contributed by atoms with van der Waals surface area (Å²) in [5, 5.41) is 0. The zero-order valence-corrected chi connectivity index (χ0v) is 15.0. The molecular weight excluding hydrogens is 370 g/mol. The molecule has 1 aromatic rings. The van der Waals surface area contributed by atoms with E-state index in [4.69, 9.17) is 10.5 Å². The molecule has 0 aromatic heterocycles. The topological polar surface area (TPSA) is 55.6 Å². The number of hydrogen-bond acceptors (Lipinski definition) is 3. The van der Waals surface area contributed by atoms with Crippen molar-refractivity contribution in [2.45, 2.75) is 51.3 Å². The molecule has 4 nitrogen and oxygen atoms in total. The van der Waals surface area contributed by atoms with Gasteiger partial charge in [0.1, 0.15) is 17.2 Å². The molecule has 0 spiro atoms. The van der Waals surface area contributed by atoms with Crippen molar-refractivity contribution in [2.75, 3.05) is 6.54 Å². The van der Waals surface area contributed by atoms with Crippen LogP contribution in [0.3, 0.4) is 0 Å². The number of nitrogens with two attached hydrogens (primary N) is 1. The Bertz CT molecular complexity index is 604. The van der Waals surface area contributed by atoms with Crippen LogP contribution in [-0.2, 0) is 11.2 Å². The smallest absolute Gasteiger partial charge is 0.410 e. The maximum absolute atomic E-state index is 14.2. The van der Waals surface area contributed by atoms with Gasteiger partial charge in [0, 0.05) is 12.6 Å². The Hall–Kier alpha value is -1.21. The zero-order chi connectivity index (χ0) is 17.4. The second-order valence-electron chi connectivity index (χ2n) is 6.76. The molecule has 0 unspecified atom stereocenters. The van der Waals surface area contributed by atoms with Crippen LogP contribution in [0.25, 0.3) is 0 Å². The average molecular weight is 391 g/mol. The zero-order valence-electron chi connectivity index (χ0n) is 13.4. The minimum Gasteiger partial charge on any atom is -0.444 e. The van der Waals surface area contributed by atoms with Gasteiger partial charge in [0.2, 0.25) is 0 Å². The van der Waals surface area contributed by atoms with Crippen molar-refractivity contribution >= 4 is 22.0 Å². The fourth-order valence-electron chi connectivity index (χ4n) is 2.67. The Labute approximate surface area is 143 Å². The van der Waals surface area contributed by atoms with Crippen LogP contribution < -0.4 is 5.73 Å². The minimum absolute atomic E-state index is 0.0582. The van der Waals surface area contributed by atoms with E-state index in [1.807, 2.05) is 0 Å². The highest BCUT2D eigenvalue weighted by atomic mass is 79.9. The van der Waals surface area contributed by atoms with E-state index < -0.39 is 29.4 Å². The Balaban J connectivity index is 2.21. The summed E-state index contributed by atoms with van der Waals surface area (Å²) in [7, 11) is 0. The van der Waals surface area contributed by atoms with Gasteiger partial charge in [-0.1, -0.05) is 0 Å². The van der Waals surface area contributed by atoms with Crippen molar-refractivity contribution in [3.63, 3.8) is 0 Å². The van der Waals surface area contributed by atoms with Gasteiger partial charge in [-0.05, 0) is 67.2 Å². The number of halogens is 3. The van der Waals surface area contributed by atoms with E-state index in [1.54, 1.807) is 20.8 Å². The van der Waals surface area contributed by atoms with Crippen LogP contribution in [0.1, 0.15) is 32.8 Å². The van der Waals surface area contributed by atoms with Crippen LogP contribution in [0.15, 0.2) is 16.6 Å². The SMILES string of the molecule is CC(C)(C)OC(=O)N1CC[C@H](N)[C@@H]1Cc1cc(F)cc(Br)c1F. The van der Waals surface area contributed by atoms with Crippen molar-refractivity contribution in [3.05, 3.63) is 33.8 Å². The maximum atomic E-state index is 14.2. The van der Waals surface area contributed by atoms with Gasteiger partial charge in [-0.25, -0.2) is 13.6 Å². The number of carbonyl (C=O) groups is 1. The quantitative estimate of drug-likeness (QED) is 0.784. The molecule has 2 atom stereocenters. The first-order valence-corrected chi connectivity index (χ1v) is 8.26. The fourth-order valence-corrected chi connectivity index (χ4v) is 3.14. The molecule has 0 saturated carbocycles. The molecule has 1 aromatic carbocycles. The largest absolute Gasteiger partial charge is 0.444 e. The predicted molar refractivity (Wildman–Crippen MR) is 87.1 cm³/mol. The Morgan fingerprint density at radius 1 is 1.43 bits per heavy atom. The Kier molecular flexibility index (Phi) is 5.30. The van der Waals surface area contributed by atoms with Crippen LogP contribution >= 0.6 is 15.9 Å². The summed E-state index contributed by atoms with van der Waals surface area (Å²) in [6.07, 6.45) is 0.260. The summed E-state index contributed by atoms with van der Waals surface area (Å²) in [5.74, 6) is -1.07. The summed E-state index contributed by atoms with van der Waals surface area (Å²) in [4.78, 5) is 13.8. The predicted octanol–water partition coefficient (Wildman–Crippen LogP) is 3.61. The monoisotopic (exact) mass is 390 g/mol. The third-order valence-electron chi connectivity index (χ3n) is 3.72. The number of ether oxygens (including phenoxy) is 1. The van der Waals surface area contributed by atoms with Gasteiger partial charge < -0.3 is 15.4 Å². The first-order valence-electron chi connectivity index (χ1n) is 7.47. The van der Waals surface area contributed by atoms with Gasteiger partial charge in [-0.3, -0.25) is 0 Å². The number of rotatable bonds is 2. The molecule has 23 heavy (non-hydrogen) atoms. The lowest BCUT2D eigenvalue weighted by atomic mass is 10.0. The van der Waals surface area contributed by atoms with Gasteiger partial charge in [0.05, 0.1) is 10.5 Å². The van der Waals surface area contributed by atoms with Crippen molar-refractivity contribution in [3.8, 4) is 0 Å². The highest BCUT2D eigenvalue weighted by molar-refractivity contribution is 9.10. The van der Waals surface area contributed by atoms with Crippen LogP contribution in [0.4, 0.5) is 13.6 Å². The first kappa shape index (κ1) is 18.1. The molecule has 128 valence electrons. The number of likely N-dealkylation sites (tertiary alicyclic amines) is 1. The lowest BCUT2D eigenvalue weighted by Gasteiger charge is -2.30. The van der Waals surface area contributed by atoms with Gasteiger partial charge in [0.15, 0.2) is 0 Å². The average Bonchev–Trinajstić information content (AvgIpc) is 2.75. The van der Waals surface area contributed by atoms with Crippen molar-refractivity contribution < 1.29 is 18.3 Å². The van der Waals surface area contributed by atoms with Crippen molar-refractivity contribution in [1.29, 1.82) is 0 Å². The first-order chi connectivity index (χ1) is 10.6. The summed E-state index contributed by atoms with van der Waals surface area (Å²) in [6.45, 7) is 5.77. The van der Waals surface area contributed by atoms with Crippen LogP contribution in [0, 0.1) is 11.6 Å². The summed E-state index contributed by atoms with van der Waals surface area (Å²) in [5.41, 5.74) is 5.63. The molecule has 1 aliphatic rings. The summed E-state index contributed by atoms with van der Waals surface area (Å²) >= 11 is 2.99. The Morgan fingerprint density at radius 3 is 2.70 bits per heavy atom. The lowest BCUT2D eigenvalue weighted by Crippen LogP contribution is -2.46. The highest BCUT2D eigenvalue weighted by Gasteiger charge is 2.37. The van der Waals surface area contributed by atoms with E-state index in [9.17, 15) is 13.6 Å². The molecule has 7 heteroatoms. The van der Waals surface area contributed by atoms with E-state index in [-0.39, 0.29) is 22.5 Å². The molecule has 0 bridgehead atoms. The molecule has 1 fully saturated rings. The molecule has 0 radical (unpaired) electrons. The summed E-state index contributed by atoms with van der Waals surface area (Å²) < 4.78 is 33.1. The third kappa shape index (κ3) is 4.41. The maximum Gasteiger partial charge on any atom is 0.410 e. The van der Waals surface area contributed by atoms with Crippen molar-refractivity contribution in [2.24, 2.45) is 5.73 Å². The molecular formula is C16H21BrF2N2O2. The number of benzene rings is 1. The molecule has 1 amide bonds. The van der Waals surface area contributed by atoms with E-state index in [0.717, 1.165) is 12.1 Å². The second-order valence-corrected chi connectivity index (χ2v) is 7.61. The number of nitrogens with zero attached hydrogens (tertiary/aromatic N) is 1. The van der Waals surface area contributed by atoms with Crippen molar-refractivity contribution in [1.82, 2.24) is 4.90 Å².